The summed E-state index contributed by atoms with van der Waals surface area (Å²) in [5.41, 5.74) is 5.73. The normalized spacial score (nSPS) is 14.5. The number of carbonyl (C=O) groups is 1. The fourth-order valence-electron chi connectivity index (χ4n) is 4.77. The van der Waals surface area contributed by atoms with Crippen LogP contribution in [0.15, 0.2) is 48.5 Å². The van der Waals surface area contributed by atoms with Crippen LogP contribution in [0.25, 0.3) is 22.4 Å². The molecular formula is C29H36N2O4. The minimum absolute atomic E-state index is 0.213. The fourth-order valence-corrected chi connectivity index (χ4v) is 4.77. The molecule has 0 bridgehead atoms. The third kappa shape index (κ3) is 5.88. The zero-order chi connectivity index (χ0) is 25.0. The second-order valence-electron chi connectivity index (χ2n) is 10.0. The maximum atomic E-state index is 13.1. The number of piperidine rings is 1. The van der Waals surface area contributed by atoms with Crippen molar-refractivity contribution in [3.63, 3.8) is 0 Å². The third-order valence-corrected chi connectivity index (χ3v) is 6.38. The number of nitrogens with one attached hydrogen (secondary N) is 2. The van der Waals surface area contributed by atoms with Crippen molar-refractivity contribution >= 4 is 5.97 Å². The molecule has 0 aliphatic carbocycles. The van der Waals surface area contributed by atoms with E-state index in [1.165, 1.54) is 0 Å². The van der Waals surface area contributed by atoms with Crippen molar-refractivity contribution < 1.29 is 19.0 Å². The molecule has 0 radical (unpaired) electrons. The first kappa shape index (κ1) is 24.9. The summed E-state index contributed by atoms with van der Waals surface area (Å²) in [6.45, 7) is 7.64. The number of aromatic nitrogens is 1. The maximum absolute atomic E-state index is 13.1. The van der Waals surface area contributed by atoms with Crippen molar-refractivity contribution in [1.82, 2.24) is 10.3 Å². The summed E-state index contributed by atoms with van der Waals surface area (Å²) >= 11 is 0. The van der Waals surface area contributed by atoms with Crippen molar-refractivity contribution in [3.05, 3.63) is 59.8 Å². The molecule has 1 aromatic heterocycles. The van der Waals surface area contributed by atoms with Crippen molar-refractivity contribution in [3.8, 4) is 33.9 Å². The molecule has 6 heteroatoms. The number of rotatable bonds is 7. The number of hydrogen-bond acceptors (Lipinski definition) is 5. The van der Waals surface area contributed by atoms with Crippen LogP contribution in [0, 0.1) is 0 Å². The standard InChI is InChI=1S/C29H36N2O4/c1-29(2,3)35-25(32)18-24-26(19-6-10-22(33-4)11-7-19)28(20-8-12-23(34-5)13-9-20)31-27(24)21-14-16-30-17-15-21/h6-13,21,30-31H,14-18H2,1-5H3. The molecule has 6 nitrogen and oxygen atoms in total. The Balaban J connectivity index is 1.89. The Bertz CT molecular complexity index is 1140. The predicted molar refractivity (Wildman–Crippen MR) is 139 cm³/mol. The van der Waals surface area contributed by atoms with Crippen LogP contribution in [0.5, 0.6) is 11.5 Å². The van der Waals surface area contributed by atoms with Gasteiger partial charge in [-0.15, -0.1) is 0 Å². The van der Waals surface area contributed by atoms with Crippen LogP contribution in [0.1, 0.15) is 50.8 Å². The van der Waals surface area contributed by atoms with Crippen LogP contribution in [-0.2, 0) is 16.0 Å². The van der Waals surface area contributed by atoms with Crippen molar-refractivity contribution in [1.29, 1.82) is 0 Å². The number of hydrogen-bond donors (Lipinski definition) is 2. The summed E-state index contributed by atoms with van der Waals surface area (Å²) in [7, 11) is 3.33. The summed E-state index contributed by atoms with van der Waals surface area (Å²) in [5, 5.41) is 3.45. The second kappa shape index (κ2) is 10.6. The van der Waals surface area contributed by atoms with Gasteiger partial charge in [-0.1, -0.05) is 12.1 Å². The van der Waals surface area contributed by atoms with Crippen LogP contribution < -0.4 is 14.8 Å². The Kier molecular flexibility index (Phi) is 7.51. The van der Waals surface area contributed by atoms with E-state index < -0.39 is 5.60 Å². The van der Waals surface area contributed by atoms with Gasteiger partial charge >= 0.3 is 5.97 Å². The molecule has 0 saturated carbocycles. The third-order valence-electron chi connectivity index (χ3n) is 6.38. The van der Waals surface area contributed by atoms with Crippen molar-refractivity contribution in [2.45, 2.75) is 51.6 Å². The molecule has 3 aromatic rings. The minimum Gasteiger partial charge on any atom is -0.497 e. The zero-order valence-corrected chi connectivity index (χ0v) is 21.4. The summed E-state index contributed by atoms with van der Waals surface area (Å²) in [4.78, 5) is 16.9. The first-order valence-electron chi connectivity index (χ1n) is 12.2. The Morgan fingerprint density at radius 2 is 1.43 bits per heavy atom. The quantitative estimate of drug-likeness (QED) is 0.427. The number of esters is 1. The minimum atomic E-state index is -0.540. The van der Waals surface area contributed by atoms with E-state index in [0.29, 0.717) is 5.92 Å². The van der Waals surface area contributed by atoms with Gasteiger partial charge in [-0.3, -0.25) is 4.79 Å². The number of aromatic amines is 1. The van der Waals surface area contributed by atoms with Crippen LogP contribution in [0.3, 0.4) is 0 Å². The Labute approximate surface area is 208 Å². The van der Waals surface area contributed by atoms with Gasteiger partial charge in [-0.2, -0.15) is 0 Å². The van der Waals surface area contributed by atoms with Gasteiger partial charge in [0.1, 0.15) is 17.1 Å². The average molecular weight is 477 g/mol. The lowest BCUT2D eigenvalue weighted by atomic mass is 9.88. The van der Waals surface area contributed by atoms with Gasteiger partial charge in [-0.25, -0.2) is 0 Å². The molecule has 1 aliphatic rings. The molecule has 0 amide bonds. The van der Waals surface area contributed by atoms with Gasteiger partial charge in [0.2, 0.25) is 0 Å². The summed E-state index contributed by atoms with van der Waals surface area (Å²) < 4.78 is 16.5. The van der Waals surface area contributed by atoms with Gasteiger partial charge in [0.05, 0.1) is 26.3 Å². The lowest BCUT2D eigenvalue weighted by Crippen LogP contribution is -2.28. The highest BCUT2D eigenvalue weighted by molar-refractivity contribution is 5.88. The van der Waals surface area contributed by atoms with Crippen molar-refractivity contribution in [2.24, 2.45) is 0 Å². The lowest BCUT2D eigenvalue weighted by molar-refractivity contribution is -0.153. The molecule has 4 rings (SSSR count). The monoisotopic (exact) mass is 476 g/mol. The fraction of sp³-hybridized carbons (Fsp3) is 0.414. The van der Waals surface area contributed by atoms with E-state index in [4.69, 9.17) is 14.2 Å². The predicted octanol–water partition coefficient (Wildman–Crippen LogP) is 5.72. The summed E-state index contributed by atoms with van der Waals surface area (Å²) in [5.74, 6) is 1.72. The van der Waals surface area contributed by atoms with Crippen LogP contribution >= 0.6 is 0 Å². The van der Waals surface area contributed by atoms with E-state index in [0.717, 1.165) is 71.1 Å². The molecule has 2 N–H and O–H groups in total. The molecule has 2 heterocycles. The topological polar surface area (TPSA) is 72.6 Å². The van der Waals surface area contributed by atoms with E-state index in [1.54, 1.807) is 14.2 Å². The lowest BCUT2D eigenvalue weighted by Gasteiger charge is -2.24. The molecule has 1 aliphatic heterocycles. The van der Waals surface area contributed by atoms with E-state index in [1.807, 2.05) is 45.0 Å². The molecule has 1 fully saturated rings. The van der Waals surface area contributed by atoms with Gasteiger partial charge < -0.3 is 24.5 Å². The highest BCUT2D eigenvalue weighted by atomic mass is 16.6. The molecule has 35 heavy (non-hydrogen) atoms. The van der Waals surface area contributed by atoms with Crippen LogP contribution in [0.2, 0.25) is 0 Å². The SMILES string of the molecule is COc1ccc(-c2[nH]c(C3CCNCC3)c(CC(=O)OC(C)(C)C)c2-c2ccc(OC)cc2)cc1. The van der Waals surface area contributed by atoms with E-state index >= 15 is 0 Å². The zero-order valence-electron chi connectivity index (χ0n) is 21.4. The summed E-state index contributed by atoms with van der Waals surface area (Å²) in [6.07, 6.45) is 2.25. The highest BCUT2D eigenvalue weighted by Gasteiger charge is 2.29. The second-order valence-corrected chi connectivity index (χ2v) is 10.0. The maximum Gasteiger partial charge on any atom is 0.310 e. The first-order valence-corrected chi connectivity index (χ1v) is 12.2. The van der Waals surface area contributed by atoms with Crippen LogP contribution in [0.4, 0.5) is 0 Å². The largest absolute Gasteiger partial charge is 0.497 e. The molecular weight excluding hydrogens is 440 g/mol. The van der Waals surface area contributed by atoms with E-state index in [-0.39, 0.29) is 12.4 Å². The van der Waals surface area contributed by atoms with Crippen molar-refractivity contribution in [2.75, 3.05) is 27.3 Å². The van der Waals surface area contributed by atoms with Crippen LogP contribution in [-0.4, -0.2) is 43.9 Å². The molecule has 0 unspecified atom stereocenters. The Morgan fingerprint density at radius 3 is 1.94 bits per heavy atom. The number of ether oxygens (including phenoxy) is 3. The number of H-pyrrole nitrogens is 1. The average Bonchev–Trinajstić information content (AvgIpc) is 3.22. The Morgan fingerprint density at radius 1 is 0.886 bits per heavy atom. The molecule has 2 aromatic carbocycles. The highest BCUT2D eigenvalue weighted by Crippen LogP contribution is 2.42. The van der Waals surface area contributed by atoms with Gasteiger partial charge in [-0.05, 0) is 99.8 Å². The first-order chi connectivity index (χ1) is 16.8. The van der Waals surface area contributed by atoms with Gasteiger partial charge in [0, 0.05) is 17.2 Å². The van der Waals surface area contributed by atoms with E-state index in [9.17, 15) is 4.79 Å². The Hall–Kier alpha value is -3.25. The van der Waals surface area contributed by atoms with Gasteiger partial charge in [0.15, 0.2) is 0 Å². The van der Waals surface area contributed by atoms with E-state index in [2.05, 4.69) is 34.6 Å². The number of benzene rings is 2. The number of methoxy groups -OCH3 is 2. The smallest absolute Gasteiger partial charge is 0.310 e. The molecule has 0 atom stereocenters. The molecule has 186 valence electrons. The molecule has 0 spiro atoms. The number of carbonyl (C=O) groups excluding carboxylic acids is 1. The van der Waals surface area contributed by atoms with Gasteiger partial charge in [0.25, 0.3) is 0 Å². The molecule has 1 saturated heterocycles. The summed E-state index contributed by atoms with van der Waals surface area (Å²) in [6, 6.07) is 16.1.